The summed E-state index contributed by atoms with van der Waals surface area (Å²) in [6.45, 7) is 10.9. The highest BCUT2D eigenvalue weighted by Crippen LogP contribution is 2.48. The number of amides is 3. The number of carbonyl (C=O) groups is 4. The van der Waals surface area contributed by atoms with Gasteiger partial charge in [-0.05, 0) is 82.3 Å². The maximum Gasteiger partial charge on any atom is 0.329 e. The van der Waals surface area contributed by atoms with Gasteiger partial charge in [-0.2, -0.15) is 0 Å². The number of nitrogens with one attached hydrogen (secondary N) is 2. The number of thioether (sulfide) groups is 1. The van der Waals surface area contributed by atoms with Gasteiger partial charge in [0.1, 0.15) is 29.0 Å². The van der Waals surface area contributed by atoms with Crippen molar-refractivity contribution in [3.63, 3.8) is 0 Å². The Balaban J connectivity index is 1.70. The zero-order valence-electron chi connectivity index (χ0n) is 31.8. The summed E-state index contributed by atoms with van der Waals surface area (Å²) in [5, 5.41) is 5.51. The van der Waals surface area contributed by atoms with E-state index in [1.54, 1.807) is 20.8 Å². The molecular weight excluding hydrogens is 701 g/mol. The van der Waals surface area contributed by atoms with Crippen LogP contribution in [0.1, 0.15) is 70.2 Å². The van der Waals surface area contributed by atoms with Gasteiger partial charge >= 0.3 is 5.97 Å². The van der Waals surface area contributed by atoms with E-state index in [0.717, 1.165) is 22.3 Å². The third-order valence-corrected chi connectivity index (χ3v) is 9.83. The van der Waals surface area contributed by atoms with Crippen molar-refractivity contribution < 1.29 is 28.7 Å². The first kappa shape index (κ1) is 41.6. The molecule has 0 bridgehead atoms. The Bertz CT molecular complexity index is 1750. The molecule has 3 amide bonds. The average Bonchev–Trinajstić information content (AvgIpc) is 3.11. The van der Waals surface area contributed by atoms with Gasteiger partial charge in [-0.3, -0.25) is 14.4 Å². The molecule has 4 aromatic rings. The molecular formula is C43H52N4O6S. The minimum atomic E-state index is -1.39. The largest absolute Gasteiger partial charge is 0.488 e. The van der Waals surface area contributed by atoms with Gasteiger partial charge in [-0.25, -0.2) is 4.79 Å². The van der Waals surface area contributed by atoms with Gasteiger partial charge in [0.25, 0.3) is 0 Å². The first-order chi connectivity index (χ1) is 25.5. The molecule has 0 unspecified atom stereocenters. The van der Waals surface area contributed by atoms with E-state index in [1.165, 1.54) is 11.8 Å². The Kier molecular flexibility index (Phi) is 14.1. The standard InChI is InChI=1S/C43H52N4O6S/c1-41(2,3)52-33-24-22-29(23-25-33)26-34(44)38(49)47-36(39(50)46-35(27-37(45)48)40(51)53-42(4,5)6)28-54-43(30-16-10-7-11-17-30,31-18-12-8-13-19-31)32-20-14-9-15-21-32/h7-25,34-36H,26-28,44H2,1-6H3,(H2,45,48)(H,46,50)(H,47,49)/t34-,35-,36-/m0/s1. The minimum Gasteiger partial charge on any atom is -0.488 e. The molecule has 0 heterocycles. The minimum absolute atomic E-state index is 0.0411. The lowest BCUT2D eigenvalue weighted by Crippen LogP contribution is -2.57. The molecule has 0 aromatic heterocycles. The number of ether oxygens (including phenoxy) is 2. The van der Waals surface area contributed by atoms with Gasteiger partial charge in [0.15, 0.2) is 0 Å². The van der Waals surface area contributed by atoms with Crippen LogP contribution in [0.25, 0.3) is 0 Å². The van der Waals surface area contributed by atoms with Crippen LogP contribution in [0.5, 0.6) is 5.75 Å². The smallest absolute Gasteiger partial charge is 0.329 e. The molecule has 4 rings (SSSR count). The molecule has 0 radical (unpaired) electrons. The topological polar surface area (TPSA) is 163 Å². The van der Waals surface area contributed by atoms with E-state index in [1.807, 2.05) is 136 Å². The van der Waals surface area contributed by atoms with Crippen molar-refractivity contribution >= 4 is 35.5 Å². The van der Waals surface area contributed by atoms with Crippen molar-refractivity contribution in [3.05, 3.63) is 138 Å². The average molecular weight is 753 g/mol. The van der Waals surface area contributed by atoms with Crippen LogP contribution < -0.4 is 26.8 Å². The molecule has 54 heavy (non-hydrogen) atoms. The number of hydrogen-bond donors (Lipinski definition) is 4. The Morgan fingerprint density at radius 3 is 1.54 bits per heavy atom. The maximum atomic E-state index is 14.2. The predicted octanol–water partition coefficient (Wildman–Crippen LogP) is 5.65. The van der Waals surface area contributed by atoms with E-state index in [9.17, 15) is 19.2 Å². The van der Waals surface area contributed by atoms with E-state index >= 15 is 0 Å². The van der Waals surface area contributed by atoms with Crippen LogP contribution in [0.4, 0.5) is 0 Å². The van der Waals surface area contributed by atoms with Crippen LogP contribution in [0.15, 0.2) is 115 Å². The van der Waals surface area contributed by atoms with Crippen molar-refractivity contribution in [2.45, 2.75) is 88.5 Å². The molecule has 0 saturated carbocycles. The van der Waals surface area contributed by atoms with E-state index in [-0.39, 0.29) is 17.8 Å². The lowest BCUT2D eigenvalue weighted by Gasteiger charge is -2.36. The quantitative estimate of drug-likeness (QED) is 0.0844. The fourth-order valence-corrected chi connectivity index (χ4v) is 7.43. The Labute approximate surface area is 322 Å². The van der Waals surface area contributed by atoms with E-state index in [0.29, 0.717) is 5.75 Å². The van der Waals surface area contributed by atoms with E-state index in [2.05, 4.69) is 10.6 Å². The van der Waals surface area contributed by atoms with E-state index < -0.39 is 58.6 Å². The molecule has 0 aliphatic carbocycles. The van der Waals surface area contributed by atoms with Gasteiger partial charge in [0, 0.05) is 5.75 Å². The Morgan fingerprint density at radius 2 is 1.11 bits per heavy atom. The second-order valence-electron chi connectivity index (χ2n) is 15.1. The molecule has 10 nitrogen and oxygen atoms in total. The summed E-state index contributed by atoms with van der Waals surface area (Å²) in [7, 11) is 0. The number of esters is 1. The van der Waals surface area contributed by atoms with Crippen molar-refractivity contribution in [1.29, 1.82) is 0 Å². The first-order valence-corrected chi connectivity index (χ1v) is 18.9. The third kappa shape index (κ3) is 11.9. The van der Waals surface area contributed by atoms with Gasteiger partial charge in [-0.1, -0.05) is 103 Å². The van der Waals surface area contributed by atoms with Crippen LogP contribution in [-0.2, 0) is 35.1 Å². The number of benzene rings is 4. The Morgan fingerprint density at radius 1 is 0.648 bits per heavy atom. The molecule has 0 spiro atoms. The number of nitrogens with two attached hydrogens (primary N) is 2. The fraction of sp³-hybridized carbons (Fsp3) is 0.349. The van der Waals surface area contributed by atoms with Gasteiger partial charge < -0.3 is 31.6 Å². The normalized spacial score (nSPS) is 13.5. The van der Waals surface area contributed by atoms with Gasteiger partial charge in [0.2, 0.25) is 17.7 Å². The van der Waals surface area contributed by atoms with E-state index in [4.69, 9.17) is 20.9 Å². The fourth-order valence-electron chi connectivity index (χ4n) is 5.87. The highest BCUT2D eigenvalue weighted by molar-refractivity contribution is 8.00. The monoisotopic (exact) mass is 752 g/mol. The Hall–Kier alpha value is -5.13. The molecule has 0 aliphatic rings. The summed E-state index contributed by atoms with van der Waals surface area (Å²) in [5.41, 5.74) is 14.3. The SMILES string of the molecule is CC(C)(C)OC(=O)[C@H](CC(N)=O)NC(=O)[C@H](CSC(c1ccccc1)(c1ccccc1)c1ccccc1)NC(=O)[C@@H](N)Cc1ccc(OC(C)(C)C)cc1. The zero-order chi connectivity index (χ0) is 39.5. The highest BCUT2D eigenvalue weighted by atomic mass is 32.2. The first-order valence-electron chi connectivity index (χ1n) is 17.9. The lowest BCUT2D eigenvalue weighted by atomic mass is 9.84. The second kappa shape index (κ2) is 18.3. The van der Waals surface area contributed by atoms with Crippen molar-refractivity contribution in [2.75, 3.05) is 5.75 Å². The molecule has 3 atom stereocenters. The molecule has 6 N–H and O–H groups in total. The summed E-state index contributed by atoms with van der Waals surface area (Å²) in [6, 6.07) is 33.4. The molecule has 4 aromatic carbocycles. The summed E-state index contributed by atoms with van der Waals surface area (Å²) >= 11 is 1.45. The molecule has 11 heteroatoms. The van der Waals surface area contributed by atoms with Gasteiger partial charge in [-0.15, -0.1) is 11.8 Å². The third-order valence-electron chi connectivity index (χ3n) is 8.19. The zero-order valence-corrected chi connectivity index (χ0v) is 32.7. The molecule has 0 fully saturated rings. The van der Waals surface area contributed by atoms with Crippen LogP contribution in [0.2, 0.25) is 0 Å². The summed E-state index contributed by atoms with van der Waals surface area (Å²) in [5.74, 6) is -2.17. The number of carbonyl (C=O) groups excluding carboxylic acids is 4. The van der Waals surface area contributed by atoms with Crippen molar-refractivity contribution in [1.82, 2.24) is 10.6 Å². The van der Waals surface area contributed by atoms with Gasteiger partial charge in [0.05, 0.1) is 17.2 Å². The van der Waals surface area contributed by atoms with Crippen LogP contribution in [0, 0.1) is 0 Å². The highest BCUT2D eigenvalue weighted by Gasteiger charge is 2.39. The second-order valence-corrected chi connectivity index (χ2v) is 16.3. The van der Waals surface area contributed by atoms with Crippen LogP contribution in [0.3, 0.4) is 0 Å². The molecule has 0 aliphatic heterocycles. The maximum absolute atomic E-state index is 14.2. The number of hydrogen-bond acceptors (Lipinski definition) is 8. The van der Waals surface area contributed by atoms with Crippen molar-refractivity contribution in [2.24, 2.45) is 11.5 Å². The van der Waals surface area contributed by atoms with Crippen LogP contribution >= 0.6 is 11.8 Å². The number of rotatable bonds is 16. The van der Waals surface area contributed by atoms with Crippen molar-refractivity contribution in [3.8, 4) is 5.75 Å². The summed E-state index contributed by atoms with van der Waals surface area (Å²) in [6.07, 6.45) is -0.307. The summed E-state index contributed by atoms with van der Waals surface area (Å²) < 4.78 is 10.6. The predicted molar refractivity (Wildman–Crippen MR) is 214 cm³/mol. The molecule has 0 saturated heterocycles. The number of primary amides is 1. The summed E-state index contributed by atoms with van der Waals surface area (Å²) in [4.78, 5) is 53.3. The van der Waals surface area contributed by atoms with Crippen LogP contribution in [-0.4, -0.2) is 58.8 Å². The lowest BCUT2D eigenvalue weighted by molar-refractivity contribution is -0.159. The molecule has 286 valence electrons.